The van der Waals surface area contributed by atoms with Gasteiger partial charge < -0.3 is 0 Å². The quantitative estimate of drug-likeness (QED) is 0.351. The van der Waals surface area contributed by atoms with Crippen LogP contribution in [-0.4, -0.2) is 25.7 Å². The maximum Gasteiger partial charge on any atom is 0.198 e. The fraction of sp³-hybridized carbons (Fsp3) is 0.333. The normalized spacial score (nSPS) is 19.6. The number of carbonyl (C=O) groups is 2. The number of sulfone groups is 1. The molecule has 1 aliphatic carbocycles. The molecule has 0 atom stereocenters. The van der Waals surface area contributed by atoms with E-state index in [1.165, 1.54) is 11.8 Å². The Morgan fingerprint density at radius 3 is 2.41 bits per heavy atom. The minimum atomic E-state index is -3.61. The highest BCUT2D eigenvalue weighted by Crippen LogP contribution is 2.44. The number of Topliss-reactive ketones (excluding diaryl/α,β-unsaturated/α-hetero) is 2. The van der Waals surface area contributed by atoms with Crippen LogP contribution in [0.1, 0.15) is 55.5 Å². The van der Waals surface area contributed by atoms with Crippen molar-refractivity contribution in [3.63, 3.8) is 0 Å². The molecule has 0 radical (unpaired) electrons. The Hall–Kier alpha value is -1.60. The Kier molecular flexibility index (Phi) is 6.36. The molecule has 4 nitrogen and oxygen atoms in total. The smallest absolute Gasteiger partial charge is 0.198 e. The molecule has 0 amide bonds. The van der Waals surface area contributed by atoms with Gasteiger partial charge in [-0.3, -0.25) is 9.59 Å². The van der Waals surface area contributed by atoms with E-state index in [9.17, 15) is 18.0 Å². The van der Waals surface area contributed by atoms with Gasteiger partial charge in [-0.05, 0) is 60.6 Å². The van der Waals surface area contributed by atoms with Crippen molar-refractivity contribution >= 4 is 56.4 Å². The molecule has 0 bridgehead atoms. The zero-order chi connectivity index (χ0) is 23.3. The molecule has 0 aromatic heterocycles. The zero-order valence-electron chi connectivity index (χ0n) is 17.7. The molecule has 0 unspecified atom stereocenters. The summed E-state index contributed by atoms with van der Waals surface area (Å²) in [5.74, 6) is -0.781. The average Bonchev–Trinajstić information content (AvgIpc) is 2.73. The molecule has 0 fully saturated rings. The summed E-state index contributed by atoms with van der Waals surface area (Å²) < 4.78 is 25.7. The van der Waals surface area contributed by atoms with E-state index in [1.807, 2.05) is 26.0 Å². The van der Waals surface area contributed by atoms with E-state index in [1.54, 1.807) is 24.3 Å². The Labute approximate surface area is 202 Å². The van der Waals surface area contributed by atoms with E-state index in [-0.39, 0.29) is 44.4 Å². The van der Waals surface area contributed by atoms with Gasteiger partial charge in [0.25, 0.3) is 0 Å². The highest BCUT2D eigenvalue weighted by molar-refractivity contribution is 8.03. The molecule has 0 spiro atoms. The first kappa shape index (κ1) is 23.6. The standard InChI is InChI=1S/C24H22Cl2O4S2/c1-24(2)12-13-32(29,30)23-17(24)11-10-16(21(23)26)22(28)20-18(27)4-3-5-19(20)31-15-8-6-14(25)7-9-15/h6-11H,3-5,12-13H2,1-2H3. The lowest BCUT2D eigenvalue weighted by molar-refractivity contribution is -0.115. The van der Waals surface area contributed by atoms with E-state index in [0.717, 1.165) is 4.90 Å². The second-order valence-electron chi connectivity index (χ2n) is 8.72. The predicted molar refractivity (Wildman–Crippen MR) is 129 cm³/mol. The molecule has 0 N–H and O–H groups in total. The van der Waals surface area contributed by atoms with Crippen LogP contribution in [0.2, 0.25) is 10.0 Å². The van der Waals surface area contributed by atoms with Crippen LogP contribution >= 0.6 is 35.0 Å². The molecule has 2 aromatic carbocycles. The molecule has 8 heteroatoms. The second kappa shape index (κ2) is 8.64. The minimum absolute atomic E-state index is 0.0241. The average molecular weight is 509 g/mol. The molecule has 1 heterocycles. The van der Waals surface area contributed by atoms with Crippen LogP contribution in [-0.2, 0) is 20.0 Å². The van der Waals surface area contributed by atoms with Gasteiger partial charge in [-0.1, -0.05) is 54.9 Å². The summed E-state index contributed by atoms with van der Waals surface area (Å²) in [5, 5.41) is 0.520. The summed E-state index contributed by atoms with van der Waals surface area (Å²) in [6.07, 6.45) is 2.01. The third-order valence-electron chi connectivity index (χ3n) is 6.02. The Bertz CT molecular complexity index is 1260. The summed E-state index contributed by atoms with van der Waals surface area (Å²) in [4.78, 5) is 27.9. The topological polar surface area (TPSA) is 68.3 Å². The van der Waals surface area contributed by atoms with Crippen LogP contribution in [0, 0.1) is 0 Å². The number of halogens is 2. The summed E-state index contributed by atoms with van der Waals surface area (Å²) in [6, 6.07) is 10.4. The lowest BCUT2D eigenvalue weighted by Crippen LogP contribution is -2.31. The van der Waals surface area contributed by atoms with Crippen molar-refractivity contribution < 1.29 is 18.0 Å². The van der Waals surface area contributed by atoms with Crippen LogP contribution < -0.4 is 0 Å². The molecule has 2 aliphatic rings. The van der Waals surface area contributed by atoms with E-state index in [2.05, 4.69) is 0 Å². The van der Waals surface area contributed by atoms with Crippen LogP contribution in [0.5, 0.6) is 0 Å². The van der Waals surface area contributed by atoms with Gasteiger partial charge in [-0.15, -0.1) is 0 Å². The number of hydrogen-bond acceptors (Lipinski definition) is 5. The van der Waals surface area contributed by atoms with Gasteiger partial charge in [0.2, 0.25) is 0 Å². The van der Waals surface area contributed by atoms with Crippen molar-refractivity contribution in [2.24, 2.45) is 0 Å². The van der Waals surface area contributed by atoms with Crippen molar-refractivity contribution in [2.75, 3.05) is 5.75 Å². The number of rotatable bonds is 4. The molecule has 4 rings (SSSR count). The van der Waals surface area contributed by atoms with Crippen molar-refractivity contribution in [1.29, 1.82) is 0 Å². The summed E-state index contributed by atoms with van der Waals surface area (Å²) >= 11 is 13.9. The SMILES string of the molecule is CC1(C)CCS(=O)(=O)c2c1ccc(C(=O)C1=C(Sc3ccc(Cl)cc3)CCCC1=O)c2Cl. The van der Waals surface area contributed by atoms with Gasteiger partial charge in [-0.25, -0.2) is 8.42 Å². The predicted octanol–water partition coefficient (Wildman–Crippen LogP) is 6.43. The molecular weight excluding hydrogens is 487 g/mol. The highest BCUT2D eigenvalue weighted by Gasteiger charge is 2.39. The summed E-state index contributed by atoms with van der Waals surface area (Å²) in [7, 11) is -3.61. The van der Waals surface area contributed by atoms with Crippen LogP contribution in [0.4, 0.5) is 0 Å². The van der Waals surface area contributed by atoms with Gasteiger partial charge in [0.15, 0.2) is 21.4 Å². The van der Waals surface area contributed by atoms with E-state index in [0.29, 0.717) is 34.8 Å². The lowest BCUT2D eigenvalue weighted by Gasteiger charge is -2.33. The molecular formula is C24H22Cl2O4S2. The molecule has 32 heavy (non-hydrogen) atoms. The number of hydrogen-bond donors (Lipinski definition) is 0. The lowest BCUT2D eigenvalue weighted by atomic mass is 9.81. The van der Waals surface area contributed by atoms with Gasteiger partial charge in [-0.2, -0.15) is 0 Å². The first-order chi connectivity index (χ1) is 15.0. The maximum atomic E-state index is 13.6. The van der Waals surface area contributed by atoms with Gasteiger partial charge in [0.1, 0.15) is 0 Å². The van der Waals surface area contributed by atoms with Crippen LogP contribution in [0.25, 0.3) is 0 Å². The number of benzene rings is 2. The number of thioether (sulfide) groups is 1. The van der Waals surface area contributed by atoms with E-state index in [4.69, 9.17) is 23.2 Å². The van der Waals surface area contributed by atoms with Gasteiger partial charge >= 0.3 is 0 Å². The van der Waals surface area contributed by atoms with Crippen LogP contribution in [0.15, 0.2) is 56.7 Å². The first-order valence-corrected chi connectivity index (χ1v) is 13.5. The number of allylic oxidation sites excluding steroid dienone is 2. The second-order valence-corrected chi connectivity index (χ2v) is 12.7. The van der Waals surface area contributed by atoms with Gasteiger partial charge in [0.05, 0.1) is 21.2 Å². The summed E-state index contributed by atoms with van der Waals surface area (Å²) in [6.45, 7) is 3.93. The Balaban J connectivity index is 1.82. The monoisotopic (exact) mass is 508 g/mol. The number of ketones is 2. The third kappa shape index (κ3) is 4.30. The largest absolute Gasteiger partial charge is 0.294 e. The Morgan fingerprint density at radius 2 is 1.72 bits per heavy atom. The summed E-state index contributed by atoms with van der Waals surface area (Å²) in [5.41, 5.74) is 0.406. The molecule has 0 saturated heterocycles. The highest BCUT2D eigenvalue weighted by atomic mass is 35.5. The fourth-order valence-electron chi connectivity index (χ4n) is 4.14. The van der Waals surface area contributed by atoms with Crippen LogP contribution in [0.3, 0.4) is 0 Å². The number of carbonyl (C=O) groups excluding carboxylic acids is 2. The zero-order valence-corrected chi connectivity index (χ0v) is 20.8. The number of fused-ring (bicyclic) bond motifs is 1. The van der Waals surface area contributed by atoms with E-state index < -0.39 is 15.6 Å². The molecule has 2 aromatic rings. The van der Waals surface area contributed by atoms with Crippen molar-refractivity contribution in [3.8, 4) is 0 Å². The third-order valence-corrected chi connectivity index (χ3v) is 9.73. The minimum Gasteiger partial charge on any atom is -0.294 e. The maximum absolute atomic E-state index is 13.6. The first-order valence-electron chi connectivity index (χ1n) is 10.3. The van der Waals surface area contributed by atoms with Gasteiger partial charge in [0, 0.05) is 26.8 Å². The Morgan fingerprint density at radius 1 is 1.03 bits per heavy atom. The fourth-order valence-corrected chi connectivity index (χ4v) is 8.03. The van der Waals surface area contributed by atoms with Crippen molar-refractivity contribution in [3.05, 3.63) is 68.0 Å². The van der Waals surface area contributed by atoms with Crippen molar-refractivity contribution in [1.82, 2.24) is 0 Å². The molecule has 0 saturated carbocycles. The molecule has 1 aliphatic heterocycles. The molecule has 168 valence electrons. The van der Waals surface area contributed by atoms with E-state index >= 15 is 0 Å². The van der Waals surface area contributed by atoms with Crippen molar-refractivity contribution in [2.45, 2.75) is 54.7 Å².